The predicted octanol–water partition coefficient (Wildman–Crippen LogP) is 4.82. The fourth-order valence-electron chi connectivity index (χ4n) is 2.54. The van der Waals surface area contributed by atoms with Gasteiger partial charge >= 0.3 is 35.7 Å². The molecule has 1 aromatic rings. The number of nitrogens with one attached hydrogen (secondary N) is 1. The average Bonchev–Trinajstić information content (AvgIpc) is 3.07. The summed E-state index contributed by atoms with van der Waals surface area (Å²) in [5, 5.41) is 2.71. The summed E-state index contributed by atoms with van der Waals surface area (Å²) in [5.41, 5.74) is 0. The minimum atomic E-state index is -0.276. The van der Waals surface area contributed by atoms with Gasteiger partial charge in [0.2, 0.25) is 0 Å². The third-order valence-corrected chi connectivity index (χ3v) is 3.90. The molecular weight excluding hydrogens is 313 g/mol. The van der Waals surface area contributed by atoms with Crippen LogP contribution in [0.2, 0.25) is 0 Å². The quantitative estimate of drug-likeness (QED) is 0.388. The molecule has 4 nitrogen and oxygen atoms in total. The van der Waals surface area contributed by atoms with Gasteiger partial charge in [-0.15, -0.1) is 0 Å². The van der Waals surface area contributed by atoms with E-state index < -0.39 is 0 Å². The average molecular weight is 347 g/mol. The fourth-order valence-corrected chi connectivity index (χ4v) is 2.54. The standard InChI is InChI=1S/C19H33NO3.Na.H/c1-2-15-20-19(21)23-16-11-9-7-5-3-4-6-8-10-13-18-14-12-17-22-18;;/h12,14,17H,2-11,13,15-16H2,1H3,(H,20,21);;. The van der Waals surface area contributed by atoms with Crippen LogP contribution in [-0.2, 0) is 11.2 Å². The second-order valence-corrected chi connectivity index (χ2v) is 6.07. The van der Waals surface area contributed by atoms with Crippen LogP contribution in [0.15, 0.2) is 22.8 Å². The molecule has 0 aliphatic heterocycles. The first-order valence-electron chi connectivity index (χ1n) is 9.26. The molecule has 0 radical (unpaired) electrons. The van der Waals surface area contributed by atoms with E-state index in [0.717, 1.165) is 31.4 Å². The van der Waals surface area contributed by atoms with E-state index in [2.05, 4.69) is 11.4 Å². The summed E-state index contributed by atoms with van der Waals surface area (Å²) in [6, 6.07) is 4.01. The number of aryl methyl sites for hydroxylation is 1. The molecule has 1 aromatic heterocycles. The van der Waals surface area contributed by atoms with Crippen molar-refractivity contribution in [1.82, 2.24) is 5.32 Å². The van der Waals surface area contributed by atoms with Crippen molar-refractivity contribution in [1.29, 1.82) is 0 Å². The third-order valence-electron chi connectivity index (χ3n) is 3.90. The van der Waals surface area contributed by atoms with E-state index >= 15 is 0 Å². The first kappa shape index (κ1) is 23.5. The van der Waals surface area contributed by atoms with Crippen LogP contribution in [0.1, 0.15) is 76.9 Å². The molecule has 0 saturated heterocycles. The molecule has 5 heteroatoms. The summed E-state index contributed by atoms with van der Waals surface area (Å²) in [6.07, 6.45) is 14.6. The van der Waals surface area contributed by atoms with Crippen LogP contribution in [0.4, 0.5) is 4.79 Å². The molecule has 1 amide bonds. The molecule has 134 valence electrons. The van der Waals surface area contributed by atoms with E-state index in [-0.39, 0.29) is 35.7 Å². The molecule has 1 N–H and O–H groups in total. The van der Waals surface area contributed by atoms with Gasteiger partial charge in [-0.2, -0.15) is 0 Å². The van der Waals surface area contributed by atoms with Gasteiger partial charge in [0.25, 0.3) is 0 Å². The maximum absolute atomic E-state index is 11.2. The molecule has 0 spiro atoms. The Morgan fingerprint density at radius 3 is 2.25 bits per heavy atom. The third kappa shape index (κ3) is 13.9. The molecule has 0 saturated carbocycles. The molecule has 0 atom stereocenters. The molecule has 0 aliphatic rings. The first-order valence-corrected chi connectivity index (χ1v) is 9.26. The zero-order valence-electron chi connectivity index (χ0n) is 14.6. The van der Waals surface area contributed by atoms with Gasteiger partial charge in [-0.05, 0) is 31.4 Å². The second-order valence-electron chi connectivity index (χ2n) is 6.07. The summed E-state index contributed by atoms with van der Waals surface area (Å²) in [5.74, 6) is 1.11. The van der Waals surface area contributed by atoms with E-state index in [0.29, 0.717) is 13.2 Å². The summed E-state index contributed by atoms with van der Waals surface area (Å²) in [4.78, 5) is 11.2. The van der Waals surface area contributed by atoms with Gasteiger partial charge in [0.1, 0.15) is 5.76 Å². The Kier molecular flexibility index (Phi) is 17.0. The molecule has 1 heterocycles. The van der Waals surface area contributed by atoms with Crippen LogP contribution in [0.25, 0.3) is 0 Å². The molecule has 24 heavy (non-hydrogen) atoms. The zero-order valence-corrected chi connectivity index (χ0v) is 14.6. The molecule has 0 unspecified atom stereocenters. The van der Waals surface area contributed by atoms with Gasteiger partial charge in [-0.1, -0.05) is 51.9 Å². The van der Waals surface area contributed by atoms with Crippen LogP contribution in [0, 0.1) is 0 Å². The number of carbonyl (C=O) groups excluding carboxylic acids is 1. The summed E-state index contributed by atoms with van der Waals surface area (Å²) < 4.78 is 10.4. The van der Waals surface area contributed by atoms with E-state index in [9.17, 15) is 4.79 Å². The van der Waals surface area contributed by atoms with E-state index in [1.54, 1.807) is 6.26 Å². The first-order chi connectivity index (χ1) is 11.3. The Labute approximate surface area is 169 Å². The van der Waals surface area contributed by atoms with E-state index in [1.165, 1.54) is 44.9 Å². The number of hydrogen-bond donors (Lipinski definition) is 1. The summed E-state index contributed by atoms with van der Waals surface area (Å²) in [6.45, 7) is 3.27. The van der Waals surface area contributed by atoms with Crippen molar-refractivity contribution in [2.75, 3.05) is 13.2 Å². The summed E-state index contributed by atoms with van der Waals surface area (Å²) in [7, 11) is 0. The monoisotopic (exact) mass is 347 g/mol. The van der Waals surface area contributed by atoms with Gasteiger partial charge in [0, 0.05) is 13.0 Å². The zero-order chi connectivity index (χ0) is 16.6. The normalized spacial score (nSPS) is 10.2. The number of rotatable bonds is 14. The van der Waals surface area contributed by atoms with Crippen molar-refractivity contribution >= 4 is 35.7 Å². The van der Waals surface area contributed by atoms with Gasteiger partial charge in [0.15, 0.2) is 0 Å². The van der Waals surface area contributed by atoms with Crippen LogP contribution >= 0.6 is 0 Å². The predicted molar refractivity (Wildman–Crippen MR) is 101 cm³/mol. The Morgan fingerprint density at radius 2 is 1.67 bits per heavy atom. The number of unbranched alkanes of at least 4 members (excludes halogenated alkanes) is 8. The van der Waals surface area contributed by atoms with Crippen LogP contribution < -0.4 is 5.32 Å². The van der Waals surface area contributed by atoms with Gasteiger partial charge in [0.05, 0.1) is 12.9 Å². The Balaban J connectivity index is 0.00000529. The SMILES string of the molecule is CCCNC(=O)OCCCCCCCCCCCc1ccco1.[NaH]. The van der Waals surface area contributed by atoms with Gasteiger partial charge in [-0.25, -0.2) is 4.79 Å². The van der Waals surface area contributed by atoms with Crippen LogP contribution in [0.3, 0.4) is 0 Å². The van der Waals surface area contributed by atoms with Crippen molar-refractivity contribution in [3.05, 3.63) is 24.2 Å². The molecule has 0 bridgehead atoms. The molecule has 1 rings (SSSR count). The number of ether oxygens (including phenoxy) is 1. The number of carbonyl (C=O) groups is 1. The van der Waals surface area contributed by atoms with Crippen LogP contribution in [0.5, 0.6) is 0 Å². The van der Waals surface area contributed by atoms with Crippen molar-refractivity contribution in [3.8, 4) is 0 Å². The Hall–Kier alpha value is -0.450. The van der Waals surface area contributed by atoms with E-state index in [1.807, 2.05) is 13.0 Å². The Bertz CT molecular complexity index is 382. The number of furan rings is 1. The van der Waals surface area contributed by atoms with Crippen LogP contribution in [-0.4, -0.2) is 48.8 Å². The molecular formula is C19H34NNaO3. The van der Waals surface area contributed by atoms with E-state index in [4.69, 9.17) is 9.15 Å². The molecule has 0 fully saturated rings. The van der Waals surface area contributed by atoms with Crippen molar-refractivity contribution in [3.63, 3.8) is 0 Å². The second kappa shape index (κ2) is 17.4. The van der Waals surface area contributed by atoms with Crippen molar-refractivity contribution in [2.24, 2.45) is 0 Å². The van der Waals surface area contributed by atoms with Gasteiger partial charge in [-0.3, -0.25) is 0 Å². The van der Waals surface area contributed by atoms with Crippen molar-refractivity contribution in [2.45, 2.75) is 77.6 Å². The van der Waals surface area contributed by atoms with Crippen molar-refractivity contribution < 1.29 is 13.9 Å². The number of hydrogen-bond acceptors (Lipinski definition) is 3. The van der Waals surface area contributed by atoms with Gasteiger partial charge < -0.3 is 14.5 Å². The number of alkyl carbamates (subject to hydrolysis) is 1. The minimum absolute atomic E-state index is 0. The number of amides is 1. The Morgan fingerprint density at radius 1 is 1.04 bits per heavy atom. The summed E-state index contributed by atoms with van der Waals surface area (Å²) >= 11 is 0. The fraction of sp³-hybridized carbons (Fsp3) is 0.737. The maximum atomic E-state index is 11.2. The molecule has 0 aromatic carbocycles. The topological polar surface area (TPSA) is 51.5 Å². The molecule has 0 aliphatic carbocycles.